The molecule has 1 saturated carbocycles. The van der Waals surface area contributed by atoms with Crippen LogP contribution >= 0.6 is 0 Å². The number of aliphatic carboxylic acids is 1. The van der Waals surface area contributed by atoms with Crippen LogP contribution in [0.25, 0.3) is 0 Å². The van der Waals surface area contributed by atoms with Crippen LogP contribution in [0.4, 0.5) is 0 Å². The van der Waals surface area contributed by atoms with Crippen LogP contribution in [0.2, 0.25) is 0 Å². The predicted octanol–water partition coefficient (Wildman–Crippen LogP) is 2.41. The zero-order valence-electron chi connectivity index (χ0n) is 10.4. The van der Waals surface area contributed by atoms with Gasteiger partial charge < -0.3 is 10.4 Å². The molecule has 2 aliphatic heterocycles. The van der Waals surface area contributed by atoms with Crippen molar-refractivity contribution in [2.45, 2.75) is 63.5 Å². The van der Waals surface area contributed by atoms with Crippen LogP contribution in [-0.2, 0) is 4.79 Å². The van der Waals surface area contributed by atoms with Crippen molar-refractivity contribution >= 4 is 5.97 Å². The number of piperidine rings is 1. The van der Waals surface area contributed by atoms with E-state index < -0.39 is 5.97 Å². The Morgan fingerprint density at radius 1 is 1.06 bits per heavy atom. The van der Waals surface area contributed by atoms with Gasteiger partial charge in [0.15, 0.2) is 0 Å². The Morgan fingerprint density at radius 2 is 1.82 bits per heavy atom. The molecule has 96 valence electrons. The lowest BCUT2D eigenvalue weighted by Crippen LogP contribution is -2.50. The molecule has 3 aliphatic rings. The summed E-state index contributed by atoms with van der Waals surface area (Å²) in [5, 5.41) is 13.1. The molecule has 2 bridgehead atoms. The molecule has 0 spiro atoms. The van der Waals surface area contributed by atoms with E-state index in [9.17, 15) is 9.90 Å². The van der Waals surface area contributed by atoms with Crippen molar-refractivity contribution < 1.29 is 9.90 Å². The summed E-state index contributed by atoms with van der Waals surface area (Å²) in [6.45, 7) is 0. The van der Waals surface area contributed by atoms with Crippen molar-refractivity contribution in [3.05, 3.63) is 0 Å². The van der Waals surface area contributed by atoms with Gasteiger partial charge in [0.25, 0.3) is 0 Å². The maximum atomic E-state index is 11.5. The third-order valence-electron chi connectivity index (χ3n) is 5.25. The third kappa shape index (κ3) is 2.10. The van der Waals surface area contributed by atoms with Crippen LogP contribution in [0.15, 0.2) is 0 Å². The Balaban J connectivity index is 1.79. The molecule has 3 heteroatoms. The average Bonchev–Trinajstić information content (AvgIpc) is 2.72. The maximum Gasteiger partial charge on any atom is 0.306 e. The van der Waals surface area contributed by atoms with Crippen molar-refractivity contribution in [3.8, 4) is 0 Å². The fraction of sp³-hybridized carbons (Fsp3) is 0.929. The first-order valence-electron chi connectivity index (χ1n) is 7.24. The molecule has 1 aliphatic carbocycles. The molecule has 0 amide bonds. The number of hydrogen-bond acceptors (Lipinski definition) is 2. The van der Waals surface area contributed by atoms with Crippen LogP contribution in [0, 0.1) is 17.8 Å². The minimum Gasteiger partial charge on any atom is -0.481 e. The van der Waals surface area contributed by atoms with E-state index in [-0.39, 0.29) is 5.92 Å². The SMILES string of the molecule is O=C(O)C1CC2CCC(N2)C1C1CCCCC1. The molecule has 0 aromatic rings. The smallest absolute Gasteiger partial charge is 0.306 e. The van der Waals surface area contributed by atoms with E-state index in [1.807, 2.05) is 0 Å². The van der Waals surface area contributed by atoms with Gasteiger partial charge in [0.05, 0.1) is 5.92 Å². The zero-order chi connectivity index (χ0) is 11.8. The van der Waals surface area contributed by atoms with Crippen LogP contribution in [-0.4, -0.2) is 23.2 Å². The topological polar surface area (TPSA) is 49.3 Å². The first-order chi connectivity index (χ1) is 8.25. The number of carbonyl (C=O) groups is 1. The average molecular weight is 237 g/mol. The number of fused-ring (bicyclic) bond motifs is 2. The summed E-state index contributed by atoms with van der Waals surface area (Å²) in [6.07, 6.45) is 9.75. The Morgan fingerprint density at radius 3 is 2.53 bits per heavy atom. The van der Waals surface area contributed by atoms with Gasteiger partial charge in [-0.25, -0.2) is 0 Å². The van der Waals surface area contributed by atoms with Crippen LogP contribution in [0.3, 0.4) is 0 Å². The zero-order valence-corrected chi connectivity index (χ0v) is 10.4. The van der Waals surface area contributed by atoms with E-state index >= 15 is 0 Å². The lowest BCUT2D eigenvalue weighted by atomic mass is 9.68. The number of rotatable bonds is 2. The minimum atomic E-state index is -0.543. The van der Waals surface area contributed by atoms with E-state index in [1.54, 1.807) is 0 Å². The van der Waals surface area contributed by atoms with Crippen LogP contribution in [0.1, 0.15) is 51.4 Å². The molecule has 3 fully saturated rings. The van der Waals surface area contributed by atoms with Gasteiger partial charge in [-0.15, -0.1) is 0 Å². The van der Waals surface area contributed by atoms with Crippen LogP contribution in [0.5, 0.6) is 0 Å². The highest BCUT2D eigenvalue weighted by molar-refractivity contribution is 5.71. The van der Waals surface area contributed by atoms with Crippen molar-refractivity contribution in [3.63, 3.8) is 0 Å². The quantitative estimate of drug-likeness (QED) is 0.775. The molecule has 2 heterocycles. The van der Waals surface area contributed by atoms with E-state index in [2.05, 4.69) is 5.32 Å². The predicted molar refractivity (Wildman–Crippen MR) is 65.8 cm³/mol. The summed E-state index contributed by atoms with van der Waals surface area (Å²) in [4.78, 5) is 11.5. The van der Waals surface area contributed by atoms with Crippen molar-refractivity contribution in [2.24, 2.45) is 17.8 Å². The number of carboxylic acids is 1. The fourth-order valence-electron chi connectivity index (χ4n) is 4.53. The van der Waals surface area contributed by atoms with Crippen LogP contribution < -0.4 is 5.32 Å². The van der Waals surface area contributed by atoms with E-state index in [0.29, 0.717) is 23.9 Å². The van der Waals surface area contributed by atoms with Gasteiger partial charge in [0.2, 0.25) is 0 Å². The van der Waals surface area contributed by atoms with Gasteiger partial charge >= 0.3 is 5.97 Å². The molecule has 2 saturated heterocycles. The first-order valence-corrected chi connectivity index (χ1v) is 7.24. The Bertz CT molecular complexity index is 299. The number of carboxylic acid groups (broad SMARTS) is 1. The second kappa shape index (κ2) is 4.60. The van der Waals surface area contributed by atoms with Gasteiger partial charge in [-0.05, 0) is 31.1 Å². The highest BCUT2D eigenvalue weighted by Gasteiger charge is 2.47. The monoisotopic (exact) mass is 237 g/mol. The lowest BCUT2D eigenvalue weighted by Gasteiger charge is -2.41. The molecule has 3 nitrogen and oxygen atoms in total. The molecule has 0 radical (unpaired) electrons. The Hall–Kier alpha value is -0.570. The molecular formula is C14H23NO2. The van der Waals surface area contributed by atoms with Gasteiger partial charge in [0.1, 0.15) is 0 Å². The summed E-state index contributed by atoms with van der Waals surface area (Å²) in [6, 6.07) is 0.985. The minimum absolute atomic E-state index is 0.0724. The first kappa shape index (κ1) is 11.5. The number of hydrogen-bond donors (Lipinski definition) is 2. The van der Waals surface area contributed by atoms with Gasteiger partial charge in [-0.2, -0.15) is 0 Å². The van der Waals surface area contributed by atoms with Gasteiger partial charge in [-0.3, -0.25) is 4.79 Å². The Labute approximate surface area is 103 Å². The van der Waals surface area contributed by atoms with E-state index in [4.69, 9.17) is 0 Å². The van der Waals surface area contributed by atoms with Gasteiger partial charge in [-0.1, -0.05) is 32.1 Å². The van der Waals surface area contributed by atoms with E-state index in [1.165, 1.54) is 44.9 Å². The molecular weight excluding hydrogens is 214 g/mol. The summed E-state index contributed by atoms with van der Waals surface area (Å²) < 4.78 is 0. The largest absolute Gasteiger partial charge is 0.481 e. The molecule has 17 heavy (non-hydrogen) atoms. The highest BCUT2D eigenvalue weighted by atomic mass is 16.4. The summed E-state index contributed by atoms with van der Waals surface area (Å²) in [7, 11) is 0. The van der Waals surface area contributed by atoms with Crippen molar-refractivity contribution in [2.75, 3.05) is 0 Å². The summed E-state index contributed by atoms with van der Waals surface area (Å²) in [5.41, 5.74) is 0. The number of nitrogens with one attached hydrogen (secondary N) is 1. The second-order valence-corrected chi connectivity index (χ2v) is 6.20. The molecule has 2 N–H and O–H groups in total. The molecule has 0 aromatic carbocycles. The molecule has 0 aromatic heterocycles. The molecule has 3 rings (SSSR count). The maximum absolute atomic E-state index is 11.5. The summed E-state index contributed by atoms with van der Waals surface area (Å²) >= 11 is 0. The molecule has 4 atom stereocenters. The standard InChI is InChI=1S/C14H23NO2/c16-14(17)11-8-10-6-7-12(15-10)13(11)9-4-2-1-3-5-9/h9-13,15H,1-8H2,(H,16,17). The molecule has 4 unspecified atom stereocenters. The highest BCUT2D eigenvalue weighted by Crippen LogP contribution is 2.44. The third-order valence-corrected chi connectivity index (χ3v) is 5.25. The lowest BCUT2D eigenvalue weighted by molar-refractivity contribution is -0.146. The second-order valence-electron chi connectivity index (χ2n) is 6.20. The van der Waals surface area contributed by atoms with E-state index in [0.717, 1.165) is 6.42 Å². The van der Waals surface area contributed by atoms with Crippen molar-refractivity contribution in [1.82, 2.24) is 5.32 Å². The normalized spacial score (nSPS) is 42.6. The Kier molecular flexibility index (Phi) is 3.12. The summed E-state index contributed by atoms with van der Waals surface area (Å²) in [5.74, 6) is 0.462. The van der Waals surface area contributed by atoms with Gasteiger partial charge in [0, 0.05) is 12.1 Å². The fourth-order valence-corrected chi connectivity index (χ4v) is 4.53. The van der Waals surface area contributed by atoms with Crippen molar-refractivity contribution in [1.29, 1.82) is 0 Å².